The summed E-state index contributed by atoms with van der Waals surface area (Å²) in [5.41, 5.74) is 0.620. The van der Waals surface area contributed by atoms with Gasteiger partial charge in [-0.3, -0.25) is 4.79 Å². The van der Waals surface area contributed by atoms with Crippen molar-refractivity contribution in [3.8, 4) is 0 Å². The van der Waals surface area contributed by atoms with Crippen molar-refractivity contribution < 1.29 is 9.32 Å². The third-order valence-corrected chi connectivity index (χ3v) is 2.63. The number of hydrogen-bond donors (Lipinski definition) is 2. The van der Waals surface area contributed by atoms with Gasteiger partial charge in [0.25, 0.3) is 0 Å². The molecule has 0 radical (unpaired) electrons. The maximum absolute atomic E-state index is 11.6. The fourth-order valence-corrected chi connectivity index (χ4v) is 1.40. The number of nitrogens with zero attached hydrogens (tertiary/aromatic N) is 1. The van der Waals surface area contributed by atoms with Crippen molar-refractivity contribution in [1.82, 2.24) is 10.5 Å². The second kappa shape index (κ2) is 3.79. The Kier molecular flexibility index (Phi) is 2.49. The van der Waals surface area contributed by atoms with Crippen LogP contribution in [0.5, 0.6) is 0 Å². The van der Waals surface area contributed by atoms with Gasteiger partial charge < -0.3 is 15.2 Å². The molecular formula is C9H13N3O2. The summed E-state index contributed by atoms with van der Waals surface area (Å²) in [5.74, 6) is 0.515. The van der Waals surface area contributed by atoms with E-state index in [1.54, 1.807) is 0 Å². The predicted molar refractivity (Wildman–Crippen MR) is 50.7 cm³/mol. The minimum atomic E-state index is 0.0275. The first-order valence-corrected chi connectivity index (χ1v) is 4.68. The topological polar surface area (TPSA) is 67.2 Å². The molecule has 5 nitrogen and oxygen atoms in total. The molecule has 1 saturated heterocycles. The molecule has 14 heavy (non-hydrogen) atoms. The summed E-state index contributed by atoms with van der Waals surface area (Å²) < 4.78 is 4.62. The third kappa shape index (κ3) is 1.77. The van der Waals surface area contributed by atoms with E-state index in [2.05, 4.69) is 20.3 Å². The van der Waals surface area contributed by atoms with Gasteiger partial charge in [0.05, 0.1) is 6.20 Å². The van der Waals surface area contributed by atoms with E-state index in [0.29, 0.717) is 11.6 Å². The Hall–Kier alpha value is -1.36. The summed E-state index contributed by atoms with van der Waals surface area (Å²) >= 11 is 0. The monoisotopic (exact) mass is 195 g/mol. The number of carbonyl (C=O) groups is 1. The van der Waals surface area contributed by atoms with Crippen LogP contribution in [-0.4, -0.2) is 24.2 Å². The number of rotatable bonds is 3. The number of carbonyl (C=O) groups excluding carboxylic acids is 1. The van der Waals surface area contributed by atoms with E-state index in [0.717, 1.165) is 13.1 Å². The second-order valence-corrected chi connectivity index (χ2v) is 3.61. The molecular weight excluding hydrogens is 182 g/mol. The molecule has 1 fully saturated rings. The summed E-state index contributed by atoms with van der Waals surface area (Å²) in [6.07, 6.45) is 2.91. The van der Waals surface area contributed by atoms with Gasteiger partial charge >= 0.3 is 0 Å². The lowest BCUT2D eigenvalue weighted by atomic mass is 9.88. The van der Waals surface area contributed by atoms with Crippen molar-refractivity contribution in [2.75, 3.05) is 18.4 Å². The summed E-state index contributed by atoms with van der Waals surface area (Å²) in [6, 6.07) is 0. The molecule has 1 atom stereocenters. The highest BCUT2D eigenvalue weighted by atomic mass is 16.5. The average molecular weight is 195 g/mol. The van der Waals surface area contributed by atoms with Crippen LogP contribution >= 0.6 is 0 Å². The number of hydrogen-bond acceptors (Lipinski definition) is 4. The van der Waals surface area contributed by atoms with E-state index in [9.17, 15) is 4.79 Å². The summed E-state index contributed by atoms with van der Waals surface area (Å²) in [4.78, 5) is 11.6. The van der Waals surface area contributed by atoms with Gasteiger partial charge in [0, 0.05) is 5.92 Å². The highest BCUT2D eigenvalue weighted by molar-refractivity contribution is 5.92. The molecule has 0 aliphatic carbocycles. The molecule has 2 N–H and O–H groups in total. The van der Waals surface area contributed by atoms with Gasteiger partial charge in [0.1, 0.15) is 12.0 Å². The Labute approximate surface area is 81.8 Å². The van der Waals surface area contributed by atoms with Crippen LogP contribution in [0.4, 0.5) is 5.69 Å². The van der Waals surface area contributed by atoms with E-state index in [-0.39, 0.29) is 11.8 Å². The molecule has 2 rings (SSSR count). The molecule has 1 aliphatic rings. The van der Waals surface area contributed by atoms with Gasteiger partial charge in [-0.15, -0.1) is 0 Å². The Morgan fingerprint density at radius 1 is 1.79 bits per heavy atom. The molecule has 1 aromatic heterocycles. The van der Waals surface area contributed by atoms with Crippen LogP contribution in [0, 0.1) is 11.8 Å². The largest absolute Gasteiger partial charge is 0.363 e. The van der Waals surface area contributed by atoms with E-state index >= 15 is 0 Å². The average Bonchev–Trinajstić information content (AvgIpc) is 2.53. The molecule has 1 unspecified atom stereocenters. The molecule has 2 heterocycles. The van der Waals surface area contributed by atoms with Gasteiger partial charge in [-0.05, 0) is 19.0 Å². The predicted octanol–water partition coefficient (Wildman–Crippen LogP) is 0.469. The Morgan fingerprint density at radius 2 is 2.57 bits per heavy atom. The van der Waals surface area contributed by atoms with E-state index in [1.807, 2.05) is 6.92 Å². The van der Waals surface area contributed by atoms with Crippen molar-refractivity contribution in [2.24, 2.45) is 11.8 Å². The SMILES string of the molecule is CC(C(=O)Nc1cnoc1)C1CNC1. The molecule has 1 aliphatic heterocycles. The van der Waals surface area contributed by atoms with Crippen LogP contribution in [0.2, 0.25) is 0 Å². The molecule has 0 spiro atoms. The standard InChI is InChI=1S/C9H13N3O2/c1-6(7-2-10-3-7)9(13)12-8-4-11-14-5-8/h4-7,10H,2-3H2,1H3,(H,12,13). The maximum Gasteiger partial charge on any atom is 0.227 e. The molecule has 0 aromatic carbocycles. The Balaban J connectivity index is 1.88. The van der Waals surface area contributed by atoms with Gasteiger partial charge in [0.2, 0.25) is 5.91 Å². The fourth-order valence-electron chi connectivity index (χ4n) is 1.40. The minimum absolute atomic E-state index is 0.0275. The summed E-state index contributed by atoms with van der Waals surface area (Å²) in [6.45, 7) is 3.80. The van der Waals surface area contributed by atoms with Crippen LogP contribution in [-0.2, 0) is 4.79 Å². The normalized spacial score (nSPS) is 18.6. The highest BCUT2D eigenvalue weighted by Crippen LogP contribution is 2.17. The highest BCUT2D eigenvalue weighted by Gasteiger charge is 2.28. The third-order valence-electron chi connectivity index (χ3n) is 2.63. The quantitative estimate of drug-likeness (QED) is 0.735. The van der Waals surface area contributed by atoms with Crippen LogP contribution in [0.25, 0.3) is 0 Å². The van der Waals surface area contributed by atoms with E-state index in [4.69, 9.17) is 0 Å². The zero-order valence-electron chi connectivity index (χ0n) is 7.99. The Bertz CT molecular complexity index is 306. The second-order valence-electron chi connectivity index (χ2n) is 3.61. The number of aromatic nitrogens is 1. The van der Waals surface area contributed by atoms with Gasteiger partial charge in [-0.1, -0.05) is 12.1 Å². The maximum atomic E-state index is 11.6. The zero-order valence-corrected chi connectivity index (χ0v) is 7.99. The van der Waals surface area contributed by atoms with Crippen LogP contribution in [0.15, 0.2) is 17.0 Å². The van der Waals surface area contributed by atoms with Crippen LogP contribution < -0.4 is 10.6 Å². The van der Waals surface area contributed by atoms with Gasteiger partial charge in [0.15, 0.2) is 0 Å². The fraction of sp³-hybridized carbons (Fsp3) is 0.556. The van der Waals surface area contributed by atoms with E-state index in [1.165, 1.54) is 12.5 Å². The lowest BCUT2D eigenvalue weighted by Gasteiger charge is -2.31. The molecule has 0 bridgehead atoms. The minimum Gasteiger partial charge on any atom is -0.363 e. The first-order chi connectivity index (χ1) is 6.77. The first kappa shape index (κ1) is 9.21. The lowest BCUT2D eigenvalue weighted by molar-refractivity contribution is -0.121. The van der Waals surface area contributed by atoms with Crippen LogP contribution in [0.1, 0.15) is 6.92 Å². The van der Waals surface area contributed by atoms with Crippen molar-refractivity contribution in [1.29, 1.82) is 0 Å². The number of amides is 1. The lowest BCUT2D eigenvalue weighted by Crippen LogP contribution is -2.48. The van der Waals surface area contributed by atoms with Crippen LogP contribution in [0.3, 0.4) is 0 Å². The molecule has 0 saturated carbocycles. The van der Waals surface area contributed by atoms with Crippen molar-refractivity contribution >= 4 is 11.6 Å². The molecule has 1 aromatic rings. The van der Waals surface area contributed by atoms with Crippen molar-refractivity contribution in [3.05, 3.63) is 12.5 Å². The van der Waals surface area contributed by atoms with Gasteiger partial charge in [-0.25, -0.2) is 0 Å². The molecule has 76 valence electrons. The van der Waals surface area contributed by atoms with Crippen molar-refractivity contribution in [2.45, 2.75) is 6.92 Å². The summed E-state index contributed by atoms with van der Waals surface area (Å²) in [5, 5.41) is 9.40. The number of anilines is 1. The first-order valence-electron chi connectivity index (χ1n) is 4.68. The Morgan fingerprint density at radius 3 is 3.07 bits per heavy atom. The smallest absolute Gasteiger partial charge is 0.227 e. The number of nitrogens with one attached hydrogen (secondary N) is 2. The van der Waals surface area contributed by atoms with Gasteiger partial charge in [-0.2, -0.15) is 0 Å². The molecule has 5 heteroatoms. The molecule has 1 amide bonds. The summed E-state index contributed by atoms with van der Waals surface area (Å²) in [7, 11) is 0. The zero-order chi connectivity index (χ0) is 9.97. The van der Waals surface area contributed by atoms with E-state index < -0.39 is 0 Å². The van der Waals surface area contributed by atoms with Crippen molar-refractivity contribution in [3.63, 3.8) is 0 Å².